The van der Waals surface area contributed by atoms with Crippen LogP contribution < -0.4 is 5.73 Å². The lowest BCUT2D eigenvalue weighted by molar-refractivity contribution is 0.0835. The Bertz CT molecular complexity index is 197. The Morgan fingerprint density at radius 2 is 2.19 bits per heavy atom. The van der Waals surface area contributed by atoms with Gasteiger partial charge in [0.05, 0.1) is 6.61 Å². The molecule has 0 spiro atoms. The van der Waals surface area contributed by atoms with E-state index in [0.29, 0.717) is 6.04 Å². The summed E-state index contributed by atoms with van der Waals surface area (Å²) in [5.74, 6) is 1.52. The fraction of sp³-hybridized carbons (Fsp3) is 1.00. The SMILES string of the molecule is CC1CCCN(CC2CCOC2)C1CN.Cl. The molecule has 2 heterocycles. The van der Waals surface area contributed by atoms with E-state index in [2.05, 4.69) is 11.8 Å². The first-order valence-corrected chi connectivity index (χ1v) is 6.33. The molecule has 2 aliphatic rings. The normalized spacial score (nSPS) is 36.0. The van der Waals surface area contributed by atoms with E-state index in [-0.39, 0.29) is 12.4 Å². The van der Waals surface area contributed by atoms with Crippen LogP contribution in [0.25, 0.3) is 0 Å². The number of ether oxygens (including phenoxy) is 1. The maximum absolute atomic E-state index is 5.89. The van der Waals surface area contributed by atoms with Crippen molar-refractivity contribution < 1.29 is 4.74 Å². The van der Waals surface area contributed by atoms with Crippen LogP contribution in [0.1, 0.15) is 26.2 Å². The third-order valence-corrected chi connectivity index (χ3v) is 3.99. The molecule has 3 unspecified atom stereocenters. The zero-order valence-corrected chi connectivity index (χ0v) is 11.0. The van der Waals surface area contributed by atoms with E-state index >= 15 is 0 Å². The summed E-state index contributed by atoms with van der Waals surface area (Å²) < 4.78 is 5.44. The molecule has 2 saturated heterocycles. The predicted molar refractivity (Wildman–Crippen MR) is 69.0 cm³/mol. The molecule has 0 radical (unpaired) electrons. The van der Waals surface area contributed by atoms with Gasteiger partial charge in [-0.05, 0) is 37.6 Å². The lowest BCUT2D eigenvalue weighted by Gasteiger charge is -2.40. The van der Waals surface area contributed by atoms with Crippen molar-refractivity contribution in [3.05, 3.63) is 0 Å². The molecule has 4 heteroatoms. The van der Waals surface area contributed by atoms with Gasteiger partial charge in [-0.2, -0.15) is 0 Å². The zero-order chi connectivity index (χ0) is 10.7. The van der Waals surface area contributed by atoms with Crippen LogP contribution in [0.15, 0.2) is 0 Å². The fourth-order valence-electron chi connectivity index (χ4n) is 3.00. The Hall–Kier alpha value is 0.170. The molecular formula is C12H25ClN2O. The quantitative estimate of drug-likeness (QED) is 0.823. The summed E-state index contributed by atoms with van der Waals surface area (Å²) in [7, 11) is 0. The second-order valence-corrected chi connectivity index (χ2v) is 5.15. The van der Waals surface area contributed by atoms with Crippen LogP contribution in [0.5, 0.6) is 0 Å². The molecule has 0 aromatic heterocycles. The minimum atomic E-state index is 0. The molecule has 96 valence electrons. The van der Waals surface area contributed by atoms with Gasteiger partial charge in [0, 0.05) is 25.7 Å². The molecular weight excluding hydrogens is 224 g/mol. The van der Waals surface area contributed by atoms with E-state index in [1.807, 2.05) is 0 Å². The summed E-state index contributed by atoms with van der Waals surface area (Å²) in [6, 6.07) is 0.611. The molecule has 2 N–H and O–H groups in total. The molecule has 0 aromatic rings. The van der Waals surface area contributed by atoms with Crippen LogP contribution in [0.4, 0.5) is 0 Å². The van der Waals surface area contributed by atoms with Crippen LogP contribution >= 0.6 is 12.4 Å². The molecule has 0 bridgehead atoms. The van der Waals surface area contributed by atoms with Crippen molar-refractivity contribution in [3.8, 4) is 0 Å². The van der Waals surface area contributed by atoms with Gasteiger partial charge in [-0.3, -0.25) is 4.90 Å². The number of piperidine rings is 1. The largest absolute Gasteiger partial charge is 0.381 e. The van der Waals surface area contributed by atoms with E-state index < -0.39 is 0 Å². The molecule has 0 saturated carbocycles. The van der Waals surface area contributed by atoms with E-state index in [9.17, 15) is 0 Å². The number of hydrogen-bond donors (Lipinski definition) is 1. The number of rotatable bonds is 3. The van der Waals surface area contributed by atoms with Gasteiger partial charge in [-0.1, -0.05) is 6.92 Å². The van der Waals surface area contributed by atoms with Gasteiger partial charge < -0.3 is 10.5 Å². The van der Waals surface area contributed by atoms with Gasteiger partial charge in [0.15, 0.2) is 0 Å². The standard InChI is InChI=1S/C12H24N2O.ClH/c1-10-3-2-5-14(12(10)7-13)8-11-4-6-15-9-11;/h10-12H,2-9,13H2,1H3;1H. The van der Waals surface area contributed by atoms with E-state index in [1.54, 1.807) is 0 Å². The van der Waals surface area contributed by atoms with Gasteiger partial charge in [0.1, 0.15) is 0 Å². The molecule has 0 aliphatic carbocycles. The molecule has 2 rings (SSSR count). The third-order valence-electron chi connectivity index (χ3n) is 3.99. The van der Waals surface area contributed by atoms with Crippen LogP contribution in [0.2, 0.25) is 0 Å². The first-order chi connectivity index (χ1) is 7.31. The lowest BCUT2D eigenvalue weighted by atomic mass is 9.90. The molecule has 16 heavy (non-hydrogen) atoms. The number of halogens is 1. The highest BCUT2D eigenvalue weighted by molar-refractivity contribution is 5.85. The van der Waals surface area contributed by atoms with Gasteiger partial charge in [-0.25, -0.2) is 0 Å². The average Bonchev–Trinajstić information content (AvgIpc) is 2.71. The summed E-state index contributed by atoms with van der Waals surface area (Å²) in [5.41, 5.74) is 5.89. The highest BCUT2D eigenvalue weighted by Gasteiger charge is 2.29. The Balaban J connectivity index is 0.00000128. The van der Waals surface area contributed by atoms with E-state index in [0.717, 1.165) is 31.6 Å². The van der Waals surface area contributed by atoms with Crippen molar-refractivity contribution in [3.63, 3.8) is 0 Å². The minimum absolute atomic E-state index is 0. The van der Waals surface area contributed by atoms with Crippen LogP contribution in [0, 0.1) is 11.8 Å². The maximum atomic E-state index is 5.89. The highest BCUT2D eigenvalue weighted by atomic mass is 35.5. The average molecular weight is 249 g/mol. The lowest BCUT2D eigenvalue weighted by Crippen LogP contribution is -2.50. The molecule has 0 amide bonds. The number of nitrogens with zero attached hydrogens (tertiary/aromatic N) is 1. The van der Waals surface area contributed by atoms with Gasteiger partial charge in [0.2, 0.25) is 0 Å². The van der Waals surface area contributed by atoms with Crippen LogP contribution in [0.3, 0.4) is 0 Å². The zero-order valence-electron chi connectivity index (χ0n) is 10.2. The molecule has 2 aliphatic heterocycles. The molecule has 2 fully saturated rings. The highest BCUT2D eigenvalue weighted by Crippen LogP contribution is 2.25. The smallest absolute Gasteiger partial charge is 0.0507 e. The Labute approximate surface area is 105 Å². The van der Waals surface area contributed by atoms with Crippen molar-refractivity contribution in [2.24, 2.45) is 17.6 Å². The third kappa shape index (κ3) is 3.33. The first kappa shape index (κ1) is 14.2. The summed E-state index contributed by atoms with van der Waals surface area (Å²) in [6.07, 6.45) is 3.92. The Morgan fingerprint density at radius 1 is 1.38 bits per heavy atom. The van der Waals surface area contributed by atoms with E-state index in [4.69, 9.17) is 10.5 Å². The second-order valence-electron chi connectivity index (χ2n) is 5.15. The Morgan fingerprint density at radius 3 is 2.81 bits per heavy atom. The summed E-state index contributed by atoms with van der Waals surface area (Å²) >= 11 is 0. The van der Waals surface area contributed by atoms with Crippen LogP contribution in [-0.2, 0) is 4.74 Å². The maximum Gasteiger partial charge on any atom is 0.0507 e. The number of nitrogens with two attached hydrogens (primary N) is 1. The van der Waals surface area contributed by atoms with Crippen LogP contribution in [-0.4, -0.2) is 43.8 Å². The first-order valence-electron chi connectivity index (χ1n) is 6.33. The van der Waals surface area contributed by atoms with E-state index in [1.165, 1.54) is 32.4 Å². The van der Waals surface area contributed by atoms with Gasteiger partial charge in [-0.15, -0.1) is 12.4 Å². The summed E-state index contributed by atoms with van der Waals surface area (Å²) in [6.45, 7) is 7.52. The van der Waals surface area contributed by atoms with Crippen molar-refractivity contribution >= 4 is 12.4 Å². The van der Waals surface area contributed by atoms with Crippen molar-refractivity contribution in [2.75, 3.05) is 32.8 Å². The van der Waals surface area contributed by atoms with Crippen molar-refractivity contribution in [2.45, 2.75) is 32.2 Å². The fourth-order valence-corrected chi connectivity index (χ4v) is 3.00. The second kappa shape index (κ2) is 6.80. The number of hydrogen-bond acceptors (Lipinski definition) is 3. The minimum Gasteiger partial charge on any atom is -0.381 e. The van der Waals surface area contributed by atoms with Crippen molar-refractivity contribution in [1.29, 1.82) is 0 Å². The monoisotopic (exact) mass is 248 g/mol. The molecule has 3 atom stereocenters. The Kier molecular flexibility index (Phi) is 6.05. The summed E-state index contributed by atoms with van der Waals surface area (Å²) in [4.78, 5) is 2.60. The van der Waals surface area contributed by atoms with Gasteiger partial charge in [0.25, 0.3) is 0 Å². The number of likely N-dealkylation sites (tertiary alicyclic amines) is 1. The molecule has 0 aromatic carbocycles. The van der Waals surface area contributed by atoms with Gasteiger partial charge >= 0.3 is 0 Å². The topological polar surface area (TPSA) is 38.5 Å². The van der Waals surface area contributed by atoms with Crippen molar-refractivity contribution in [1.82, 2.24) is 4.90 Å². The molecule has 3 nitrogen and oxygen atoms in total. The summed E-state index contributed by atoms with van der Waals surface area (Å²) in [5, 5.41) is 0. The predicted octanol–water partition coefficient (Wildman–Crippen LogP) is 1.50.